The van der Waals surface area contributed by atoms with E-state index in [0.29, 0.717) is 19.4 Å². The van der Waals surface area contributed by atoms with Crippen LogP contribution in [0, 0.1) is 0 Å². The predicted octanol–water partition coefficient (Wildman–Crippen LogP) is 0.859. The summed E-state index contributed by atoms with van der Waals surface area (Å²) in [4.78, 5) is 11.3. The Labute approximate surface area is 91.1 Å². The fourth-order valence-corrected chi connectivity index (χ4v) is 1.60. The Morgan fingerprint density at radius 2 is 2.19 bits per heavy atom. The molecule has 0 aliphatic carbocycles. The molecule has 94 valence electrons. The van der Waals surface area contributed by atoms with Crippen molar-refractivity contribution >= 4 is 5.97 Å². The van der Waals surface area contributed by atoms with Crippen molar-refractivity contribution in [3.05, 3.63) is 0 Å². The maximum absolute atomic E-state index is 12.0. The zero-order valence-electron chi connectivity index (χ0n) is 8.84. The van der Waals surface area contributed by atoms with E-state index in [4.69, 9.17) is 4.74 Å². The Hall–Kier alpha value is -0.820. The second-order valence-corrected chi connectivity index (χ2v) is 3.56. The van der Waals surface area contributed by atoms with Gasteiger partial charge < -0.3 is 14.8 Å². The number of hydrogen-bond donors (Lipinski definition) is 1. The highest BCUT2D eigenvalue weighted by atomic mass is 19.4. The van der Waals surface area contributed by atoms with Crippen LogP contribution in [0.15, 0.2) is 0 Å². The quantitative estimate of drug-likeness (QED) is 0.744. The van der Waals surface area contributed by atoms with Crippen LogP contribution in [0.25, 0.3) is 0 Å². The molecule has 16 heavy (non-hydrogen) atoms. The number of alkyl halides is 3. The lowest BCUT2D eigenvalue weighted by atomic mass is 10.0. The third kappa shape index (κ3) is 3.97. The lowest BCUT2D eigenvalue weighted by Crippen LogP contribution is -2.52. The van der Waals surface area contributed by atoms with Crippen molar-refractivity contribution < 1.29 is 27.4 Å². The number of hydrogen-bond acceptors (Lipinski definition) is 4. The van der Waals surface area contributed by atoms with Crippen LogP contribution in [0.3, 0.4) is 0 Å². The van der Waals surface area contributed by atoms with Gasteiger partial charge in [-0.1, -0.05) is 0 Å². The maximum atomic E-state index is 12.0. The van der Waals surface area contributed by atoms with Crippen LogP contribution in [-0.4, -0.2) is 44.6 Å². The number of methoxy groups -OCH3 is 1. The van der Waals surface area contributed by atoms with Crippen molar-refractivity contribution in [2.24, 2.45) is 0 Å². The Balaban J connectivity index is 2.50. The van der Waals surface area contributed by atoms with Crippen LogP contribution >= 0.6 is 0 Å². The lowest BCUT2D eigenvalue weighted by molar-refractivity contribution is -0.193. The van der Waals surface area contributed by atoms with Crippen LogP contribution in [0.4, 0.5) is 13.2 Å². The summed E-state index contributed by atoms with van der Waals surface area (Å²) in [5.74, 6) is -0.591. The number of ether oxygens (including phenoxy) is 2. The number of esters is 1. The van der Waals surface area contributed by atoms with Crippen LogP contribution in [0.1, 0.15) is 12.8 Å². The molecule has 1 aliphatic rings. The van der Waals surface area contributed by atoms with Crippen molar-refractivity contribution in [1.82, 2.24) is 5.32 Å². The molecule has 1 rings (SSSR count). The van der Waals surface area contributed by atoms with E-state index in [-0.39, 0.29) is 0 Å². The first-order chi connectivity index (χ1) is 7.44. The predicted molar refractivity (Wildman–Crippen MR) is 48.8 cm³/mol. The van der Waals surface area contributed by atoms with Gasteiger partial charge in [-0.3, -0.25) is 4.79 Å². The summed E-state index contributed by atoms with van der Waals surface area (Å²) in [7, 11) is 1.19. The molecular formula is C9H14F3NO3. The molecule has 0 saturated carbocycles. The first-order valence-electron chi connectivity index (χ1n) is 4.93. The van der Waals surface area contributed by atoms with Gasteiger partial charge in [-0.05, 0) is 19.4 Å². The molecule has 1 heterocycles. The van der Waals surface area contributed by atoms with Crippen molar-refractivity contribution in [3.8, 4) is 0 Å². The minimum absolute atomic E-state index is 0.419. The fourth-order valence-electron chi connectivity index (χ4n) is 1.60. The molecule has 2 atom stereocenters. The van der Waals surface area contributed by atoms with Gasteiger partial charge in [-0.2, -0.15) is 13.2 Å². The summed E-state index contributed by atoms with van der Waals surface area (Å²) in [5, 5.41) is 2.79. The maximum Gasteiger partial charge on any atom is 0.411 e. The molecule has 7 heteroatoms. The topological polar surface area (TPSA) is 47.6 Å². The highest BCUT2D eigenvalue weighted by molar-refractivity contribution is 5.76. The van der Waals surface area contributed by atoms with Crippen LogP contribution < -0.4 is 5.32 Å². The van der Waals surface area contributed by atoms with E-state index in [1.807, 2.05) is 0 Å². The van der Waals surface area contributed by atoms with Gasteiger partial charge >= 0.3 is 12.1 Å². The van der Waals surface area contributed by atoms with E-state index in [9.17, 15) is 18.0 Å². The van der Waals surface area contributed by atoms with Gasteiger partial charge in [0.25, 0.3) is 0 Å². The highest BCUT2D eigenvalue weighted by Crippen LogP contribution is 2.20. The number of rotatable bonds is 3. The Kier molecular flexibility index (Phi) is 4.55. The molecule has 0 radical (unpaired) electrons. The van der Waals surface area contributed by atoms with Gasteiger partial charge in [0.05, 0.1) is 13.2 Å². The minimum atomic E-state index is -4.38. The van der Waals surface area contributed by atoms with E-state index < -0.39 is 30.9 Å². The first-order valence-corrected chi connectivity index (χ1v) is 4.93. The number of carbonyl (C=O) groups excluding carboxylic acids is 1. The molecular weight excluding hydrogens is 227 g/mol. The standard InChI is InChI=1S/C9H14F3NO3/c1-15-8(14)7-6(3-2-4-13-7)16-5-9(10,11)12/h6-7,13H,2-5H2,1H3. The largest absolute Gasteiger partial charge is 0.468 e. The molecule has 4 nitrogen and oxygen atoms in total. The summed E-state index contributed by atoms with van der Waals surface area (Å²) in [6.07, 6.45) is -4.06. The van der Waals surface area contributed by atoms with Gasteiger partial charge in [0.2, 0.25) is 0 Å². The number of halogens is 3. The molecule has 0 amide bonds. The summed E-state index contributed by atoms with van der Waals surface area (Å²) in [5.41, 5.74) is 0. The number of nitrogens with one attached hydrogen (secondary N) is 1. The van der Waals surface area contributed by atoms with E-state index in [0.717, 1.165) is 0 Å². The zero-order chi connectivity index (χ0) is 12.2. The summed E-state index contributed by atoms with van der Waals surface area (Å²) < 4.78 is 45.1. The number of carbonyl (C=O) groups is 1. The molecule has 2 unspecified atom stereocenters. The van der Waals surface area contributed by atoms with Crippen LogP contribution in [0.2, 0.25) is 0 Å². The normalized spacial score (nSPS) is 26.5. The van der Waals surface area contributed by atoms with Gasteiger partial charge in [0, 0.05) is 0 Å². The molecule has 1 aliphatic heterocycles. The molecule has 0 aromatic carbocycles. The third-order valence-corrected chi connectivity index (χ3v) is 2.32. The van der Waals surface area contributed by atoms with Gasteiger partial charge in [-0.15, -0.1) is 0 Å². The zero-order valence-corrected chi connectivity index (χ0v) is 8.84. The lowest BCUT2D eigenvalue weighted by Gasteiger charge is -2.30. The van der Waals surface area contributed by atoms with Gasteiger partial charge in [-0.25, -0.2) is 0 Å². The van der Waals surface area contributed by atoms with Crippen molar-refractivity contribution in [2.45, 2.75) is 31.2 Å². The third-order valence-electron chi connectivity index (χ3n) is 2.32. The smallest absolute Gasteiger partial charge is 0.411 e. The summed E-state index contributed by atoms with van der Waals surface area (Å²) in [6.45, 7) is -0.765. The Morgan fingerprint density at radius 1 is 1.50 bits per heavy atom. The van der Waals surface area contributed by atoms with E-state index >= 15 is 0 Å². The van der Waals surface area contributed by atoms with Gasteiger partial charge in [0.15, 0.2) is 0 Å². The van der Waals surface area contributed by atoms with E-state index in [2.05, 4.69) is 10.1 Å². The highest BCUT2D eigenvalue weighted by Gasteiger charge is 2.36. The van der Waals surface area contributed by atoms with Crippen LogP contribution in [-0.2, 0) is 14.3 Å². The Bertz CT molecular complexity index is 245. The second kappa shape index (κ2) is 5.49. The van der Waals surface area contributed by atoms with E-state index in [1.165, 1.54) is 7.11 Å². The molecule has 1 N–H and O–H groups in total. The van der Waals surface area contributed by atoms with Gasteiger partial charge in [0.1, 0.15) is 12.6 Å². The SMILES string of the molecule is COC(=O)C1NCCCC1OCC(F)(F)F. The molecule has 0 aromatic rings. The Morgan fingerprint density at radius 3 is 2.75 bits per heavy atom. The summed E-state index contributed by atoms with van der Waals surface area (Å²) in [6, 6.07) is -0.805. The van der Waals surface area contributed by atoms with Crippen molar-refractivity contribution in [2.75, 3.05) is 20.3 Å². The first kappa shape index (κ1) is 13.2. The molecule has 0 bridgehead atoms. The van der Waals surface area contributed by atoms with Crippen molar-refractivity contribution in [1.29, 1.82) is 0 Å². The molecule has 0 spiro atoms. The monoisotopic (exact) mass is 241 g/mol. The molecule has 1 fully saturated rings. The average Bonchev–Trinajstić information content (AvgIpc) is 2.25. The fraction of sp³-hybridized carbons (Fsp3) is 0.889. The minimum Gasteiger partial charge on any atom is -0.468 e. The molecule has 0 aromatic heterocycles. The number of piperidine rings is 1. The second-order valence-electron chi connectivity index (χ2n) is 3.56. The average molecular weight is 241 g/mol. The van der Waals surface area contributed by atoms with E-state index in [1.54, 1.807) is 0 Å². The molecule has 1 saturated heterocycles. The van der Waals surface area contributed by atoms with Crippen LogP contribution in [0.5, 0.6) is 0 Å². The summed E-state index contributed by atoms with van der Waals surface area (Å²) >= 11 is 0. The van der Waals surface area contributed by atoms with Crippen molar-refractivity contribution in [3.63, 3.8) is 0 Å².